The molecule has 0 unspecified atom stereocenters. The third-order valence-electron chi connectivity index (χ3n) is 2.98. The fraction of sp³-hybridized carbons (Fsp3) is 0.118. The predicted octanol–water partition coefficient (Wildman–Crippen LogP) is 2.25. The molecule has 0 aliphatic heterocycles. The number of methoxy groups -OCH3 is 1. The second-order valence-corrected chi connectivity index (χ2v) is 4.39. The first-order chi connectivity index (χ1) is 10.6. The zero-order valence-electron chi connectivity index (χ0n) is 11.9. The molecule has 0 bridgehead atoms. The molecule has 2 aromatic carbocycles. The molecule has 0 saturated heterocycles. The van der Waals surface area contributed by atoms with E-state index < -0.39 is 18.5 Å². The number of hydrogen-bond donors (Lipinski definition) is 0. The molecule has 0 N–H and O–H groups in total. The van der Waals surface area contributed by atoms with Crippen molar-refractivity contribution in [3.63, 3.8) is 0 Å². The van der Waals surface area contributed by atoms with Gasteiger partial charge in [-0.05, 0) is 6.07 Å². The van der Waals surface area contributed by atoms with Gasteiger partial charge >= 0.3 is 11.9 Å². The Labute approximate surface area is 127 Å². The zero-order chi connectivity index (χ0) is 15.9. The number of ether oxygens (including phenoxy) is 2. The van der Waals surface area contributed by atoms with E-state index in [9.17, 15) is 14.4 Å². The molecule has 0 heterocycles. The maximum absolute atomic E-state index is 12.5. The highest BCUT2D eigenvalue weighted by atomic mass is 16.6. The Bertz CT molecular complexity index is 691. The van der Waals surface area contributed by atoms with Crippen LogP contribution in [0.2, 0.25) is 0 Å². The molecule has 112 valence electrons. The van der Waals surface area contributed by atoms with Gasteiger partial charge in [0.2, 0.25) is 0 Å². The van der Waals surface area contributed by atoms with Gasteiger partial charge < -0.3 is 9.47 Å². The Kier molecular flexibility index (Phi) is 5.03. The third-order valence-corrected chi connectivity index (χ3v) is 2.98. The molecule has 0 radical (unpaired) electrons. The van der Waals surface area contributed by atoms with Crippen LogP contribution in [0.4, 0.5) is 0 Å². The summed E-state index contributed by atoms with van der Waals surface area (Å²) in [7, 11) is 1.20. The van der Waals surface area contributed by atoms with Crippen LogP contribution in [0.25, 0.3) is 0 Å². The van der Waals surface area contributed by atoms with Gasteiger partial charge in [0.15, 0.2) is 12.4 Å². The van der Waals surface area contributed by atoms with Gasteiger partial charge in [-0.2, -0.15) is 0 Å². The molecule has 0 fully saturated rings. The zero-order valence-corrected chi connectivity index (χ0v) is 11.9. The molecule has 2 rings (SSSR count). The fourth-order valence-corrected chi connectivity index (χ4v) is 1.87. The molecule has 0 aliphatic rings. The van der Waals surface area contributed by atoms with Crippen LogP contribution in [0.5, 0.6) is 0 Å². The van der Waals surface area contributed by atoms with Crippen molar-refractivity contribution in [1.29, 1.82) is 0 Å². The van der Waals surface area contributed by atoms with Gasteiger partial charge in [-0.1, -0.05) is 48.5 Å². The first kappa shape index (κ1) is 15.4. The summed E-state index contributed by atoms with van der Waals surface area (Å²) in [5, 5.41) is 0. The second-order valence-electron chi connectivity index (χ2n) is 4.39. The summed E-state index contributed by atoms with van der Waals surface area (Å²) in [6.07, 6.45) is 0. The molecule has 2 aromatic rings. The Morgan fingerprint density at radius 3 is 2.09 bits per heavy atom. The van der Waals surface area contributed by atoms with Crippen LogP contribution in [-0.4, -0.2) is 31.4 Å². The van der Waals surface area contributed by atoms with Gasteiger partial charge in [-0.25, -0.2) is 9.59 Å². The van der Waals surface area contributed by atoms with Crippen LogP contribution in [0.15, 0.2) is 54.6 Å². The molecule has 0 aromatic heterocycles. The Morgan fingerprint density at radius 2 is 1.45 bits per heavy atom. The van der Waals surface area contributed by atoms with E-state index in [0.717, 1.165) is 0 Å². The molecule has 22 heavy (non-hydrogen) atoms. The fourth-order valence-electron chi connectivity index (χ4n) is 1.87. The minimum atomic E-state index is -0.745. The summed E-state index contributed by atoms with van der Waals surface area (Å²) in [4.78, 5) is 35.5. The summed E-state index contributed by atoms with van der Waals surface area (Å²) in [5.74, 6) is -1.70. The number of rotatable bonds is 5. The van der Waals surface area contributed by atoms with Gasteiger partial charge in [-0.15, -0.1) is 0 Å². The molecule has 5 nitrogen and oxygen atoms in total. The molecule has 0 spiro atoms. The standard InChI is InChI=1S/C17H14O5/c1-21-15(18)11-22-17(20)14-10-6-5-9-13(14)16(19)12-7-3-2-4-8-12/h2-10H,11H2,1H3. The van der Waals surface area contributed by atoms with Crippen LogP contribution in [-0.2, 0) is 14.3 Å². The molecule has 0 atom stereocenters. The minimum absolute atomic E-state index is 0.111. The van der Waals surface area contributed by atoms with Crippen molar-refractivity contribution in [3.05, 3.63) is 71.3 Å². The van der Waals surface area contributed by atoms with E-state index in [1.165, 1.54) is 13.2 Å². The van der Waals surface area contributed by atoms with Crippen molar-refractivity contribution < 1.29 is 23.9 Å². The molecule has 0 saturated carbocycles. The molecular weight excluding hydrogens is 284 g/mol. The number of esters is 2. The van der Waals surface area contributed by atoms with Crippen LogP contribution in [0, 0.1) is 0 Å². The minimum Gasteiger partial charge on any atom is -0.466 e. The quantitative estimate of drug-likeness (QED) is 0.625. The van der Waals surface area contributed by atoms with Crippen molar-refractivity contribution in [3.8, 4) is 0 Å². The van der Waals surface area contributed by atoms with E-state index in [4.69, 9.17) is 4.74 Å². The van der Waals surface area contributed by atoms with Gasteiger partial charge in [0, 0.05) is 11.1 Å². The van der Waals surface area contributed by atoms with E-state index >= 15 is 0 Å². The van der Waals surface area contributed by atoms with Crippen molar-refractivity contribution in [2.45, 2.75) is 0 Å². The molecular formula is C17H14O5. The lowest BCUT2D eigenvalue weighted by Gasteiger charge is -2.08. The summed E-state index contributed by atoms with van der Waals surface area (Å²) in [5.41, 5.74) is 0.805. The topological polar surface area (TPSA) is 69.7 Å². The number of benzene rings is 2. The maximum Gasteiger partial charge on any atom is 0.344 e. The van der Waals surface area contributed by atoms with Crippen molar-refractivity contribution in [1.82, 2.24) is 0 Å². The maximum atomic E-state index is 12.5. The van der Waals surface area contributed by atoms with Gasteiger partial charge in [0.05, 0.1) is 12.7 Å². The number of carbonyl (C=O) groups excluding carboxylic acids is 3. The van der Waals surface area contributed by atoms with Crippen LogP contribution in [0.1, 0.15) is 26.3 Å². The highest BCUT2D eigenvalue weighted by Crippen LogP contribution is 2.15. The second kappa shape index (κ2) is 7.17. The summed E-state index contributed by atoms with van der Waals surface area (Å²) >= 11 is 0. The first-order valence-corrected chi connectivity index (χ1v) is 6.56. The first-order valence-electron chi connectivity index (χ1n) is 6.56. The lowest BCUT2D eigenvalue weighted by Crippen LogP contribution is -2.17. The Hall–Kier alpha value is -2.95. The SMILES string of the molecule is COC(=O)COC(=O)c1ccccc1C(=O)c1ccccc1. The largest absolute Gasteiger partial charge is 0.466 e. The summed E-state index contributed by atoms with van der Waals surface area (Å²) < 4.78 is 9.24. The molecule has 0 amide bonds. The van der Waals surface area contributed by atoms with Crippen LogP contribution >= 0.6 is 0 Å². The average molecular weight is 298 g/mol. The molecule has 0 aliphatic carbocycles. The Morgan fingerprint density at radius 1 is 0.864 bits per heavy atom. The smallest absolute Gasteiger partial charge is 0.344 e. The van der Waals surface area contributed by atoms with E-state index in [1.807, 2.05) is 0 Å². The molecule has 5 heteroatoms. The van der Waals surface area contributed by atoms with Gasteiger partial charge in [-0.3, -0.25) is 4.79 Å². The summed E-state index contributed by atoms with van der Waals surface area (Å²) in [6.45, 7) is -0.497. The normalized spacial score (nSPS) is 9.86. The van der Waals surface area contributed by atoms with E-state index in [0.29, 0.717) is 5.56 Å². The van der Waals surface area contributed by atoms with Crippen LogP contribution in [0.3, 0.4) is 0 Å². The average Bonchev–Trinajstić information content (AvgIpc) is 2.59. The number of hydrogen-bond acceptors (Lipinski definition) is 5. The Balaban J connectivity index is 2.25. The van der Waals surface area contributed by atoms with Gasteiger partial charge in [0.25, 0.3) is 0 Å². The third kappa shape index (κ3) is 3.58. The number of carbonyl (C=O) groups is 3. The predicted molar refractivity (Wildman–Crippen MR) is 78.6 cm³/mol. The van der Waals surface area contributed by atoms with E-state index in [1.54, 1.807) is 48.5 Å². The van der Waals surface area contributed by atoms with Crippen LogP contribution < -0.4 is 0 Å². The summed E-state index contributed by atoms with van der Waals surface area (Å²) in [6, 6.07) is 14.9. The lowest BCUT2D eigenvalue weighted by atomic mass is 9.98. The highest BCUT2D eigenvalue weighted by Gasteiger charge is 2.19. The number of ketones is 1. The monoisotopic (exact) mass is 298 g/mol. The van der Waals surface area contributed by atoms with E-state index in [-0.39, 0.29) is 16.9 Å². The van der Waals surface area contributed by atoms with Crippen molar-refractivity contribution >= 4 is 17.7 Å². The lowest BCUT2D eigenvalue weighted by molar-refractivity contribution is -0.144. The van der Waals surface area contributed by atoms with Gasteiger partial charge in [0.1, 0.15) is 0 Å². The van der Waals surface area contributed by atoms with Crippen molar-refractivity contribution in [2.24, 2.45) is 0 Å². The van der Waals surface area contributed by atoms with E-state index in [2.05, 4.69) is 4.74 Å². The van der Waals surface area contributed by atoms with Crippen molar-refractivity contribution in [2.75, 3.05) is 13.7 Å². The highest BCUT2D eigenvalue weighted by molar-refractivity contribution is 6.14.